The molecule has 14 heteroatoms. The van der Waals surface area contributed by atoms with E-state index in [1.807, 2.05) is 19.9 Å². The van der Waals surface area contributed by atoms with Crippen LogP contribution in [0.1, 0.15) is 45.1 Å². The van der Waals surface area contributed by atoms with Crippen LogP contribution in [0.25, 0.3) is 5.76 Å². The summed E-state index contributed by atoms with van der Waals surface area (Å²) >= 11 is 0. The summed E-state index contributed by atoms with van der Waals surface area (Å²) in [5.41, 5.74) is 0.760. The number of methoxy groups -OCH3 is 1. The van der Waals surface area contributed by atoms with Gasteiger partial charge in [-0.3, -0.25) is 14.9 Å². The molecule has 1 saturated carbocycles. The molecule has 2 atom stereocenters. The van der Waals surface area contributed by atoms with E-state index in [-0.39, 0.29) is 20.5 Å². The number of benzene rings is 2. The topological polar surface area (TPSA) is 128 Å². The van der Waals surface area contributed by atoms with Gasteiger partial charge in [-0.05, 0) is 75.1 Å². The fourth-order valence-electron chi connectivity index (χ4n) is 5.02. The van der Waals surface area contributed by atoms with Crippen LogP contribution >= 0.6 is 8.81 Å². The zero-order valence-electron chi connectivity index (χ0n) is 28.3. The molecule has 2 aromatic rings. The molecular formula is C35H45F2N4O7P. The summed E-state index contributed by atoms with van der Waals surface area (Å²) in [6.45, 7) is 5.51. The summed E-state index contributed by atoms with van der Waals surface area (Å²) in [7, 11) is 3.39. The van der Waals surface area contributed by atoms with Crippen molar-refractivity contribution in [3.63, 3.8) is 0 Å². The van der Waals surface area contributed by atoms with Gasteiger partial charge >= 0.3 is 0 Å². The first-order chi connectivity index (χ1) is 23.7. The lowest BCUT2D eigenvalue weighted by atomic mass is 10.0. The van der Waals surface area contributed by atoms with Crippen LogP contribution in [0.5, 0.6) is 11.5 Å². The molecule has 0 bridgehead atoms. The van der Waals surface area contributed by atoms with E-state index in [9.17, 15) is 14.0 Å². The first-order valence-corrected chi connectivity index (χ1v) is 17.2. The molecule has 4 rings (SSSR count). The van der Waals surface area contributed by atoms with Crippen molar-refractivity contribution in [2.45, 2.75) is 45.5 Å². The summed E-state index contributed by atoms with van der Waals surface area (Å²) in [4.78, 5) is 26.1. The van der Waals surface area contributed by atoms with Gasteiger partial charge < -0.3 is 39.4 Å². The molecule has 2 amide bonds. The van der Waals surface area contributed by atoms with E-state index in [0.29, 0.717) is 80.5 Å². The number of hydrogen-bond donors (Lipinski definition) is 4. The molecule has 0 radical (unpaired) electrons. The third-order valence-corrected chi connectivity index (χ3v) is 8.52. The SMILES string of the molecule is CCC=C(C=C(F)COC1=CCNc2cc(OC)c(OCCCNC(OCC)POC)cc21)NC(=O)C1(C(=O)Nc2ccc(F)cc2)CC1. The molecule has 1 heterocycles. The summed E-state index contributed by atoms with van der Waals surface area (Å²) in [5, 5.41) is 11.9. The van der Waals surface area contributed by atoms with E-state index in [1.54, 1.807) is 32.4 Å². The van der Waals surface area contributed by atoms with E-state index in [0.717, 1.165) is 5.69 Å². The van der Waals surface area contributed by atoms with Crippen LogP contribution in [-0.2, 0) is 23.6 Å². The highest BCUT2D eigenvalue weighted by molar-refractivity contribution is 7.32. The first kappa shape index (κ1) is 37.8. The summed E-state index contributed by atoms with van der Waals surface area (Å²) in [5.74, 6) is -0.731. The maximum Gasteiger partial charge on any atom is 0.240 e. The Kier molecular flexibility index (Phi) is 14.4. The lowest BCUT2D eigenvalue weighted by Gasteiger charge is -2.22. The standard InChI is InChI=1S/C35H45F2N4O7P/c1-5-8-26(41-33(43)35(14-15-35)32(42)40-25-11-9-23(36)10-12-25)19-24(37)22-48-29-13-17-38-28-21-30(44-3)31(20-27(28)29)47-18-7-16-39-34(46-6-2)49-45-4/h8-13,19-21,34,38-39,49H,5-7,14-18,22H2,1-4H3,(H,40,42)(H,41,43). The molecule has 1 aliphatic heterocycles. The van der Waals surface area contributed by atoms with Gasteiger partial charge in [0.15, 0.2) is 11.5 Å². The van der Waals surface area contributed by atoms with E-state index in [4.69, 9.17) is 23.5 Å². The Balaban J connectivity index is 1.35. The minimum Gasteiger partial charge on any atom is -0.493 e. The largest absolute Gasteiger partial charge is 0.493 e. The molecule has 2 unspecified atom stereocenters. The van der Waals surface area contributed by atoms with Crippen LogP contribution in [0.2, 0.25) is 0 Å². The van der Waals surface area contributed by atoms with Crippen LogP contribution < -0.4 is 30.7 Å². The van der Waals surface area contributed by atoms with Gasteiger partial charge in [-0.25, -0.2) is 8.78 Å². The van der Waals surface area contributed by atoms with E-state index >= 15 is 4.39 Å². The fourth-order valence-corrected chi connectivity index (χ4v) is 5.69. The molecule has 266 valence electrons. The monoisotopic (exact) mass is 702 g/mol. The number of fused-ring (bicyclic) bond motifs is 1. The summed E-state index contributed by atoms with van der Waals surface area (Å²) in [6.07, 6.45) is 6.57. The van der Waals surface area contributed by atoms with E-state index < -0.39 is 35.5 Å². The Hall–Kier alpha value is -4.03. The molecule has 2 aromatic carbocycles. The molecule has 0 saturated heterocycles. The van der Waals surface area contributed by atoms with Gasteiger partial charge in [0, 0.05) is 55.5 Å². The second-order valence-electron chi connectivity index (χ2n) is 11.3. The van der Waals surface area contributed by atoms with Gasteiger partial charge in [0.05, 0.1) is 22.5 Å². The lowest BCUT2D eigenvalue weighted by Crippen LogP contribution is -2.39. The smallest absolute Gasteiger partial charge is 0.240 e. The normalized spacial score (nSPS) is 15.9. The number of ether oxygens (including phenoxy) is 4. The minimum atomic E-state index is -1.28. The van der Waals surface area contributed by atoms with Crippen molar-refractivity contribution in [1.29, 1.82) is 0 Å². The highest BCUT2D eigenvalue weighted by atomic mass is 31.1. The number of amides is 2. The van der Waals surface area contributed by atoms with Gasteiger partial charge in [-0.1, -0.05) is 13.0 Å². The number of nitrogens with one attached hydrogen (secondary N) is 4. The minimum absolute atomic E-state index is 0.168. The molecule has 0 spiro atoms. The number of rotatable bonds is 20. The van der Waals surface area contributed by atoms with Crippen LogP contribution in [0, 0.1) is 11.2 Å². The second-order valence-corrected chi connectivity index (χ2v) is 12.4. The van der Waals surface area contributed by atoms with Gasteiger partial charge in [0.2, 0.25) is 11.8 Å². The zero-order valence-corrected chi connectivity index (χ0v) is 29.3. The van der Waals surface area contributed by atoms with Gasteiger partial charge in [-0.15, -0.1) is 0 Å². The molecule has 2 aliphatic rings. The van der Waals surface area contributed by atoms with Crippen molar-refractivity contribution in [2.75, 3.05) is 57.8 Å². The molecule has 4 N–H and O–H groups in total. The number of carbonyl (C=O) groups excluding carboxylic acids is 2. The molecular weight excluding hydrogens is 657 g/mol. The summed E-state index contributed by atoms with van der Waals surface area (Å²) in [6, 6.07) is 8.90. The zero-order chi connectivity index (χ0) is 35.2. The average Bonchev–Trinajstić information content (AvgIpc) is 3.91. The first-order valence-electron chi connectivity index (χ1n) is 16.2. The maximum atomic E-state index is 15.3. The Bertz CT molecular complexity index is 1520. The van der Waals surface area contributed by atoms with Gasteiger partial charge in [0.25, 0.3) is 0 Å². The van der Waals surface area contributed by atoms with Crippen molar-refractivity contribution in [3.8, 4) is 11.5 Å². The number of halogens is 2. The average molecular weight is 703 g/mol. The van der Waals surface area contributed by atoms with Crippen molar-refractivity contribution < 1.29 is 41.8 Å². The molecule has 1 fully saturated rings. The molecule has 11 nitrogen and oxygen atoms in total. The van der Waals surface area contributed by atoms with Crippen LogP contribution in [-0.4, -0.2) is 64.9 Å². The van der Waals surface area contributed by atoms with Gasteiger partial charge in [0.1, 0.15) is 35.4 Å². The Labute approximate surface area is 287 Å². The molecule has 0 aromatic heterocycles. The highest BCUT2D eigenvalue weighted by Crippen LogP contribution is 2.47. The van der Waals surface area contributed by atoms with Crippen molar-refractivity contribution in [3.05, 3.63) is 77.5 Å². The third kappa shape index (κ3) is 10.7. The lowest BCUT2D eigenvalue weighted by molar-refractivity contribution is -0.133. The van der Waals surface area contributed by atoms with Crippen molar-refractivity contribution >= 4 is 37.8 Å². The predicted octanol–water partition coefficient (Wildman–Crippen LogP) is 6.22. The predicted molar refractivity (Wildman–Crippen MR) is 187 cm³/mol. The third-order valence-electron chi connectivity index (χ3n) is 7.70. The fraction of sp³-hybridized carbons (Fsp3) is 0.429. The Morgan fingerprint density at radius 2 is 1.86 bits per heavy atom. The Morgan fingerprint density at radius 1 is 1.08 bits per heavy atom. The van der Waals surface area contributed by atoms with Gasteiger partial charge in [-0.2, -0.15) is 0 Å². The van der Waals surface area contributed by atoms with E-state index in [2.05, 4.69) is 21.3 Å². The summed E-state index contributed by atoms with van der Waals surface area (Å²) < 4.78 is 56.8. The number of carbonyl (C=O) groups is 2. The number of allylic oxidation sites excluding steroid dienone is 2. The van der Waals surface area contributed by atoms with Crippen LogP contribution in [0.15, 0.2) is 66.2 Å². The second kappa shape index (κ2) is 18.7. The van der Waals surface area contributed by atoms with Crippen LogP contribution in [0.3, 0.4) is 0 Å². The van der Waals surface area contributed by atoms with E-state index in [1.165, 1.54) is 30.3 Å². The van der Waals surface area contributed by atoms with Crippen LogP contribution in [0.4, 0.5) is 20.2 Å². The maximum absolute atomic E-state index is 15.3. The number of anilines is 2. The molecule has 49 heavy (non-hydrogen) atoms. The Morgan fingerprint density at radius 3 is 2.53 bits per heavy atom. The van der Waals surface area contributed by atoms with Crippen molar-refractivity contribution in [2.24, 2.45) is 5.41 Å². The molecule has 1 aliphatic carbocycles. The number of hydrogen-bond acceptors (Lipinski definition) is 9. The quantitative estimate of drug-likeness (QED) is 0.0418. The highest BCUT2D eigenvalue weighted by Gasteiger charge is 2.56. The van der Waals surface area contributed by atoms with Crippen molar-refractivity contribution in [1.82, 2.24) is 10.6 Å².